The molecule has 5 aromatic carbocycles. The Bertz CT molecular complexity index is 2320. The first-order valence-electron chi connectivity index (χ1n) is 13.1. The van der Waals surface area contributed by atoms with E-state index in [-0.39, 0.29) is 0 Å². The molecule has 0 saturated heterocycles. The molecule has 0 N–H and O–H groups in total. The van der Waals surface area contributed by atoms with Crippen molar-refractivity contribution in [2.45, 2.75) is 0 Å². The lowest BCUT2D eigenvalue weighted by atomic mass is 9.90. The maximum absolute atomic E-state index is 5.14. The first-order chi connectivity index (χ1) is 19.3. The summed E-state index contributed by atoms with van der Waals surface area (Å²) in [5, 5.41) is 6.89. The summed E-state index contributed by atoms with van der Waals surface area (Å²) in [5.41, 5.74) is 9.59. The third kappa shape index (κ3) is 2.98. The van der Waals surface area contributed by atoms with E-state index in [1.165, 1.54) is 21.7 Å². The lowest BCUT2D eigenvalue weighted by molar-refractivity contribution is 1.31. The van der Waals surface area contributed by atoms with Crippen LogP contribution in [-0.4, -0.2) is 14.4 Å². The van der Waals surface area contributed by atoms with Crippen LogP contribution in [0, 0.1) is 0 Å². The molecular weight excluding hydrogens is 474 g/mol. The van der Waals surface area contributed by atoms with Crippen molar-refractivity contribution in [2.75, 3.05) is 0 Å². The maximum Gasteiger partial charge on any atom is 0.148 e. The first kappa shape index (κ1) is 21.8. The monoisotopic (exact) mass is 497 g/mol. The first-order valence-corrected chi connectivity index (χ1v) is 13.1. The van der Waals surface area contributed by atoms with E-state index in [0.717, 1.165) is 60.6 Å². The molecule has 0 unspecified atom stereocenters. The highest BCUT2D eigenvalue weighted by atomic mass is 15.0. The van der Waals surface area contributed by atoms with E-state index in [0.29, 0.717) is 0 Å². The second kappa shape index (κ2) is 8.11. The van der Waals surface area contributed by atoms with Crippen LogP contribution in [-0.2, 0) is 0 Å². The number of benzene rings is 5. The summed E-state index contributed by atoms with van der Waals surface area (Å²) in [6.45, 7) is 8.17. The fraction of sp³-hybridized carbons (Fsp3) is 0. The number of hydrogen-bond donors (Lipinski definition) is 0. The minimum atomic E-state index is 0.929. The number of rotatable bonds is 3. The van der Waals surface area contributed by atoms with Gasteiger partial charge in [0.05, 0.1) is 27.5 Å². The van der Waals surface area contributed by atoms with E-state index in [9.17, 15) is 0 Å². The van der Waals surface area contributed by atoms with Crippen LogP contribution in [0.5, 0.6) is 0 Å². The van der Waals surface area contributed by atoms with Crippen molar-refractivity contribution in [3.8, 4) is 11.1 Å². The quantitative estimate of drug-likeness (QED) is 0.228. The van der Waals surface area contributed by atoms with E-state index < -0.39 is 0 Å². The van der Waals surface area contributed by atoms with Crippen molar-refractivity contribution in [3.63, 3.8) is 0 Å². The number of para-hydroxylation sites is 2. The van der Waals surface area contributed by atoms with Gasteiger partial charge in [0.1, 0.15) is 5.65 Å². The van der Waals surface area contributed by atoms with Gasteiger partial charge in [0.15, 0.2) is 0 Å². The molecule has 8 rings (SSSR count). The van der Waals surface area contributed by atoms with E-state index in [4.69, 9.17) is 9.97 Å². The second-order valence-corrected chi connectivity index (χ2v) is 9.94. The summed E-state index contributed by atoms with van der Waals surface area (Å²) in [6, 6.07) is 34.4. The molecule has 0 amide bonds. The highest BCUT2D eigenvalue weighted by Crippen LogP contribution is 2.39. The molecule has 39 heavy (non-hydrogen) atoms. The Labute approximate surface area is 225 Å². The summed E-state index contributed by atoms with van der Waals surface area (Å²) in [6.07, 6.45) is 5.71. The van der Waals surface area contributed by atoms with Gasteiger partial charge in [0.25, 0.3) is 0 Å². The molecule has 3 nitrogen and oxygen atoms in total. The molecule has 182 valence electrons. The lowest BCUT2D eigenvalue weighted by Gasteiger charge is -2.15. The van der Waals surface area contributed by atoms with Gasteiger partial charge in [-0.1, -0.05) is 92.0 Å². The molecule has 8 aromatic rings. The number of fused-ring (bicyclic) bond motifs is 11. The van der Waals surface area contributed by atoms with E-state index in [1.807, 2.05) is 30.5 Å². The number of imidazole rings is 1. The average Bonchev–Trinajstić information content (AvgIpc) is 3.39. The Morgan fingerprint density at radius 1 is 0.667 bits per heavy atom. The summed E-state index contributed by atoms with van der Waals surface area (Å²) in [7, 11) is 0. The molecule has 0 spiro atoms. The highest BCUT2D eigenvalue weighted by Gasteiger charge is 2.18. The van der Waals surface area contributed by atoms with E-state index >= 15 is 0 Å². The normalized spacial score (nSPS) is 11.8. The summed E-state index contributed by atoms with van der Waals surface area (Å²) < 4.78 is 2.30. The minimum Gasteiger partial charge on any atom is -0.292 e. The van der Waals surface area contributed by atoms with Crippen LogP contribution >= 0.6 is 0 Å². The second-order valence-electron chi connectivity index (χ2n) is 9.94. The minimum absolute atomic E-state index is 0.929. The Morgan fingerprint density at radius 3 is 2.36 bits per heavy atom. The third-order valence-electron chi connectivity index (χ3n) is 7.94. The van der Waals surface area contributed by atoms with Crippen molar-refractivity contribution < 1.29 is 0 Å². The van der Waals surface area contributed by atoms with Crippen molar-refractivity contribution in [2.24, 2.45) is 0 Å². The summed E-state index contributed by atoms with van der Waals surface area (Å²) in [4.78, 5) is 9.94. The van der Waals surface area contributed by atoms with Crippen LogP contribution in [0.15, 0.2) is 116 Å². The van der Waals surface area contributed by atoms with Crippen molar-refractivity contribution in [1.82, 2.24) is 14.4 Å². The predicted molar refractivity (Wildman–Crippen MR) is 166 cm³/mol. The van der Waals surface area contributed by atoms with Gasteiger partial charge in [-0.15, -0.1) is 0 Å². The lowest BCUT2D eigenvalue weighted by Crippen LogP contribution is -1.95. The highest BCUT2D eigenvalue weighted by molar-refractivity contribution is 6.22. The Kier molecular flexibility index (Phi) is 4.53. The molecule has 3 aromatic heterocycles. The van der Waals surface area contributed by atoms with Crippen LogP contribution in [0.25, 0.3) is 83.3 Å². The van der Waals surface area contributed by atoms with E-state index in [2.05, 4.69) is 102 Å². The molecule has 0 bridgehead atoms. The molecule has 0 aliphatic heterocycles. The molecule has 0 radical (unpaired) electrons. The topological polar surface area (TPSA) is 30.2 Å². The van der Waals surface area contributed by atoms with Gasteiger partial charge in [-0.05, 0) is 68.7 Å². The summed E-state index contributed by atoms with van der Waals surface area (Å²) in [5.74, 6) is 0. The van der Waals surface area contributed by atoms with Gasteiger partial charge >= 0.3 is 0 Å². The zero-order chi connectivity index (χ0) is 26.1. The Hall–Kier alpha value is -5.28. The molecule has 0 saturated carbocycles. The van der Waals surface area contributed by atoms with Gasteiger partial charge in [-0.2, -0.15) is 0 Å². The number of pyridine rings is 2. The van der Waals surface area contributed by atoms with Gasteiger partial charge in [-0.25, -0.2) is 4.98 Å². The van der Waals surface area contributed by atoms with Crippen LogP contribution in [0.2, 0.25) is 0 Å². The average molecular weight is 498 g/mol. The van der Waals surface area contributed by atoms with Crippen molar-refractivity contribution >= 4 is 72.2 Å². The van der Waals surface area contributed by atoms with Gasteiger partial charge in [0, 0.05) is 17.0 Å². The predicted octanol–water partition coefficient (Wildman–Crippen LogP) is 9.45. The van der Waals surface area contributed by atoms with E-state index in [1.54, 1.807) is 0 Å². The van der Waals surface area contributed by atoms with Crippen LogP contribution in [0.3, 0.4) is 0 Å². The molecular formula is C36H23N3. The number of hydrogen-bond acceptors (Lipinski definition) is 2. The maximum atomic E-state index is 5.14. The standard InChI is InChI=1S/C36H23N3/c1-3-22-20-30(27-12-6-5-11-26(27)25(22)4-2)24-16-17-28-29-18-15-23-10-9-19-37-35(23)34(29)36-38-31-13-7-8-14-32(31)39(36)33(28)21-24/h3-21H,1-2H2. The van der Waals surface area contributed by atoms with Crippen LogP contribution in [0.1, 0.15) is 11.1 Å². The van der Waals surface area contributed by atoms with Crippen LogP contribution in [0.4, 0.5) is 0 Å². The van der Waals surface area contributed by atoms with Gasteiger partial charge in [0.2, 0.25) is 0 Å². The Morgan fingerprint density at radius 2 is 1.49 bits per heavy atom. The SMILES string of the molecule is C=Cc1cc(-c2ccc3c4ccc5cccnc5c4c4nc5ccccc5n4c3c2)c2ccccc2c1C=C. The van der Waals surface area contributed by atoms with Crippen molar-refractivity contribution in [1.29, 1.82) is 0 Å². The molecule has 0 aliphatic carbocycles. The van der Waals surface area contributed by atoms with Gasteiger partial charge < -0.3 is 0 Å². The molecule has 0 atom stereocenters. The third-order valence-corrected chi connectivity index (χ3v) is 7.94. The van der Waals surface area contributed by atoms with Crippen molar-refractivity contribution in [3.05, 3.63) is 128 Å². The van der Waals surface area contributed by atoms with Gasteiger partial charge in [-0.3, -0.25) is 9.38 Å². The fourth-order valence-electron chi connectivity index (χ4n) is 6.20. The summed E-state index contributed by atoms with van der Waals surface area (Å²) >= 11 is 0. The zero-order valence-electron chi connectivity index (χ0n) is 21.2. The molecule has 0 aliphatic rings. The largest absolute Gasteiger partial charge is 0.292 e. The zero-order valence-corrected chi connectivity index (χ0v) is 21.2. The number of nitrogens with zero attached hydrogens (tertiary/aromatic N) is 3. The molecule has 3 heteroatoms. The molecule has 3 heterocycles. The van der Waals surface area contributed by atoms with Crippen LogP contribution < -0.4 is 0 Å². The molecule has 0 fully saturated rings. The smallest absolute Gasteiger partial charge is 0.148 e. The number of aromatic nitrogens is 3. The fourth-order valence-corrected chi connectivity index (χ4v) is 6.20. The Balaban J connectivity index is 1.57.